The average Bonchev–Trinajstić information content (AvgIpc) is 3.38. The van der Waals surface area contributed by atoms with Gasteiger partial charge in [0.15, 0.2) is 0 Å². The Morgan fingerprint density at radius 3 is 2.00 bits per heavy atom. The molecule has 0 amide bonds. The molecule has 0 aromatic heterocycles. The summed E-state index contributed by atoms with van der Waals surface area (Å²) in [6.07, 6.45) is 4.69. The molecule has 2 N–H and O–H groups in total. The Hall–Kier alpha value is -5.02. The molecule has 2 heterocycles. The van der Waals surface area contributed by atoms with E-state index in [1.165, 1.54) is 50.3 Å². The SMILES string of the molecule is CN1c2ccccc2NC1c1ccccc1-c1ccc(C2=CC(c3ccccc3)NC(c3ccccc3)=C2)cc1. The fourth-order valence-corrected chi connectivity index (χ4v) is 5.85. The molecule has 3 heteroatoms. The largest absolute Gasteiger partial charge is 0.374 e. The summed E-state index contributed by atoms with van der Waals surface area (Å²) in [4.78, 5) is 2.32. The van der Waals surface area contributed by atoms with Crippen LogP contribution in [0.2, 0.25) is 0 Å². The smallest absolute Gasteiger partial charge is 0.126 e. The highest BCUT2D eigenvalue weighted by molar-refractivity contribution is 5.87. The summed E-state index contributed by atoms with van der Waals surface area (Å²) >= 11 is 0. The third kappa shape index (κ3) is 4.46. The maximum absolute atomic E-state index is 3.75. The van der Waals surface area contributed by atoms with Gasteiger partial charge in [0, 0.05) is 18.3 Å². The predicted octanol–water partition coefficient (Wildman–Crippen LogP) is 8.68. The molecule has 5 aromatic rings. The van der Waals surface area contributed by atoms with Crippen LogP contribution >= 0.6 is 0 Å². The highest BCUT2D eigenvalue weighted by Crippen LogP contribution is 2.42. The average molecular weight is 518 g/mol. The van der Waals surface area contributed by atoms with Crippen molar-refractivity contribution in [2.75, 3.05) is 17.3 Å². The quantitative estimate of drug-likeness (QED) is 0.244. The molecule has 0 aliphatic carbocycles. The van der Waals surface area contributed by atoms with Gasteiger partial charge < -0.3 is 15.5 Å². The van der Waals surface area contributed by atoms with Crippen molar-refractivity contribution in [2.45, 2.75) is 12.2 Å². The predicted molar refractivity (Wildman–Crippen MR) is 168 cm³/mol. The topological polar surface area (TPSA) is 27.3 Å². The lowest BCUT2D eigenvalue weighted by atomic mass is 9.91. The van der Waals surface area contributed by atoms with Crippen LogP contribution in [0.4, 0.5) is 11.4 Å². The zero-order valence-electron chi connectivity index (χ0n) is 22.5. The van der Waals surface area contributed by atoms with E-state index in [1.54, 1.807) is 0 Å². The van der Waals surface area contributed by atoms with Gasteiger partial charge in [-0.3, -0.25) is 0 Å². The first-order valence-electron chi connectivity index (χ1n) is 13.8. The van der Waals surface area contributed by atoms with E-state index in [1.807, 2.05) is 0 Å². The van der Waals surface area contributed by atoms with Gasteiger partial charge in [-0.05, 0) is 57.7 Å². The van der Waals surface area contributed by atoms with Crippen LogP contribution in [-0.4, -0.2) is 7.05 Å². The van der Waals surface area contributed by atoms with Gasteiger partial charge in [-0.2, -0.15) is 0 Å². The third-order valence-electron chi connectivity index (χ3n) is 7.95. The van der Waals surface area contributed by atoms with Crippen molar-refractivity contribution >= 4 is 22.6 Å². The second-order valence-corrected chi connectivity index (χ2v) is 10.4. The monoisotopic (exact) mass is 517 g/mol. The summed E-state index contributed by atoms with van der Waals surface area (Å²) in [6, 6.07) is 47.6. The summed E-state index contributed by atoms with van der Waals surface area (Å²) in [5.41, 5.74) is 12.1. The fourth-order valence-electron chi connectivity index (χ4n) is 5.85. The first kappa shape index (κ1) is 24.1. The van der Waals surface area contributed by atoms with Crippen LogP contribution in [0.5, 0.6) is 0 Å². The van der Waals surface area contributed by atoms with Crippen LogP contribution < -0.4 is 15.5 Å². The molecule has 0 radical (unpaired) electrons. The number of hydrogen-bond acceptors (Lipinski definition) is 3. The number of fused-ring (bicyclic) bond motifs is 1. The number of hydrogen-bond donors (Lipinski definition) is 2. The first-order valence-corrected chi connectivity index (χ1v) is 13.8. The number of rotatable bonds is 5. The molecule has 5 aromatic carbocycles. The maximum atomic E-state index is 3.75. The Bertz CT molecular complexity index is 1700. The Kier molecular flexibility index (Phi) is 6.18. The normalized spacial score (nSPS) is 17.8. The summed E-state index contributed by atoms with van der Waals surface area (Å²) in [6.45, 7) is 0. The van der Waals surface area contributed by atoms with Crippen LogP contribution in [0.3, 0.4) is 0 Å². The molecule has 2 atom stereocenters. The molecule has 2 aliphatic rings. The van der Waals surface area contributed by atoms with E-state index < -0.39 is 0 Å². The Balaban J connectivity index is 1.23. The van der Waals surface area contributed by atoms with Crippen LogP contribution in [0.25, 0.3) is 22.4 Å². The van der Waals surface area contributed by atoms with Gasteiger partial charge in [-0.25, -0.2) is 0 Å². The highest BCUT2D eigenvalue weighted by atomic mass is 15.3. The molecule has 40 heavy (non-hydrogen) atoms. The minimum Gasteiger partial charge on any atom is -0.374 e. The second-order valence-electron chi connectivity index (χ2n) is 10.4. The van der Waals surface area contributed by atoms with Crippen molar-refractivity contribution in [3.63, 3.8) is 0 Å². The molecule has 194 valence electrons. The number of anilines is 2. The lowest BCUT2D eigenvalue weighted by molar-refractivity contribution is 0.767. The molecule has 2 unspecified atom stereocenters. The Morgan fingerprint density at radius 1 is 0.575 bits per heavy atom. The summed E-state index contributed by atoms with van der Waals surface area (Å²) in [7, 11) is 2.16. The number of nitrogens with zero attached hydrogens (tertiary/aromatic N) is 1. The van der Waals surface area contributed by atoms with E-state index in [-0.39, 0.29) is 12.2 Å². The van der Waals surface area contributed by atoms with Gasteiger partial charge in [0.05, 0.1) is 17.4 Å². The number of para-hydroxylation sites is 2. The number of nitrogens with one attached hydrogen (secondary N) is 2. The molecule has 3 nitrogen and oxygen atoms in total. The standard InChI is InChI=1S/C37H31N3/c1-40-36-19-11-10-18-33(36)39-37(40)32-17-9-8-16-31(32)27-22-20-26(21-23-27)30-24-34(28-12-4-2-5-13-28)38-35(25-30)29-14-6-3-7-15-29/h2-25,34,37-39H,1H3. The van der Waals surface area contributed by atoms with Gasteiger partial charge in [0.25, 0.3) is 0 Å². The maximum Gasteiger partial charge on any atom is 0.126 e. The minimum atomic E-state index is 0.0865. The number of allylic oxidation sites excluding steroid dienone is 2. The summed E-state index contributed by atoms with van der Waals surface area (Å²) in [5.74, 6) is 0. The highest BCUT2D eigenvalue weighted by Gasteiger charge is 2.28. The van der Waals surface area contributed by atoms with Crippen molar-refractivity contribution in [3.05, 3.63) is 168 Å². The van der Waals surface area contributed by atoms with E-state index in [0.29, 0.717) is 0 Å². The Labute approximate surface area is 236 Å². The van der Waals surface area contributed by atoms with E-state index >= 15 is 0 Å². The van der Waals surface area contributed by atoms with Crippen LogP contribution in [0.15, 0.2) is 146 Å². The molecule has 2 aliphatic heterocycles. The summed E-state index contributed by atoms with van der Waals surface area (Å²) < 4.78 is 0. The van der Waals surface area contributed by atoms with Crippen molar-refractivity contribution in [3.8, 4) is 11.1 Å². The zero-order valence-corrected chi connectivity index (χ0v) is 22.5. The fraction of sp³-hybridized carbons (Fsp3) is 0.0811. The van der Waals surface area contributed by atoms with Gasteiger partial charge in [-0.15, -0.1) is 0 Å². The van der Waals surface area contributed by atoms with E-state index in [9.17, 15) is 0 Å². The zero-order chi connectivity index (χ0) is 26.9. The van der Waals surface area contributed by atoms with Crippen LogP contribution in [0.1, 0.15) is 34.5 Å². The molecule has 7 rings (SSSR count). The van der Waals surface area contributed by atoms with E-state index in [4.69, 9.17) is 0 Å². The Morgan fingerprint density at radius 2 is 1.23 bits per heavy atom. The second kappa shape index (κ2) is 10.3. The molecule has 0 bridgehead atoms. The molecular weight excluding hydrogens is 486 g/mol. The first-order chi connectivity index (χ1) is 19.7. The van der Waals surface area contributed by atoms with Crippen LogP contribution in [-0.2, 0) is 0 Å². The molecule has 0 fully saturated rings. The van der Waals surface area contributed by atoms with E-state index in [0.717, 1.165) is 5.70 Å². The van der Waals surface area contributed by atoms with Gasteiger partial charge in [0.2, 0.25) is 0 Å². The van der Waals surface area contributed by atoms with Gasteiger partial charge >= 0.3 is 0 Å². The van der Waals surface area contributed by atoms with Crippen molar-refractivity contribution in [1.29, 1.82) is 0 Å². The number of benzene rings is 5. The van der Waals surface area contributed by atoms with Gasteiger partial charge in [-0.1, -0.05) is 121 Å². The third-order valence-corrected chi connectivity index (χ3v) is 7.95. The van der Waals surface area contributed by atoms with Crippen LogP contribution in [0, 0.1) is 0 Å². The van der Waals surface area contributed by atoms with Gasteiger partial charge in [0.1, 0.15) is 6.17 Å². The van der Waals surface area contributed by atoms with Crippen molar-refractivity contribution < 1.29 is 0 Å². The lowest BCUT2D eigenvalue weighted by Gasteiger charge is -2.26. The number of dihydropyridines is 1. The molecule has 0 saturated carbocycles. The molecule has 0 spiro atoms. The minimum absolute atomic E-state index is 0.0865. The molecular formula is C37H31N3. The molecule has 0 saturated heterocycles. The van der Waals surface area contributed by atoms with Crippen molar-refractivity contribution in [2.24, 2.45) is 0 Å². The summed E-state index contributed by atoms with van der Waals surface area (Å²) in [5, 5.41) is 7.46. The van der Waals surface area contributed by atoms with E-state index in [2.05, 4.69) is 168 Å². The lowest BCUT2D eigenvalue weighted by Crippen LogP contribution is -2.24. The van der Waals surface area contributed by atoms with Crippen molar-refractivity contribution in [1.82, 2.24) is 5.32 Å².